The Morgan fingerprint density at radius 3 is 2.52 bits per heavy atom. The topological polar surface area (TPSA) is 106 Å². The molecular formula is C16H16N4O4S. The number of hydrogen-bond acceptors (Lipinski definition) is 6. The number of aromatic nitrogens is 2. The van der Waals surface area contributed by atoms with Gasteiger partial charge in [-0.1, -0.05) is 0 Å². The van der Waals surface area contributed by atoms with E-state index in [-0.39, 0.29) is 5.56 Å². The number of amides is 2. The number of thiophene rings is 1. The molecule has 8 nitrogen and oxygen atoms in total. The Morgan fingerprint density at radius 1 is 1.20 bits per heavy atom. The second kappa shape index (κ2) is 6.17. The summed E-state index contributed by atoms with van der Waals surface area (Å²) in [5.74, 6) is 0.0931. The zero-order valence-corrected chi connectivity index (χ0v) is 14.9. The summed E-state index contributed by atoms with van der Waals surface area (Å²) in [7, 11) is 1.60. The van der Waals surface area contributed by atoms with Crippen molar-refractivity contribution in [3.8, 4) is 0 Å². The number of carbonyl (C=O) groups excluding carboxylic acids is 2. The summed E-state index contributed by atoms with van der Waals surface area (Å²) in [5.41, 5.74) is 5.39. The Hall–Kier alpha value is -2.94. The van der Waals surface area contributed by atoms with Crippen LogP contribution in [0.4, 0.5) is 0 Å². The molecule has 0 saturated heterocycles. The van der Waals surface area contributed by atoms with Gasteiger partial charge in [-0.25, -0.2) is 4.98 Å². The minimum Gasteiger partial charge on any atom is -0.466 e. The van der Waals surface area contributed by atoms with E-state index in [9.17, 15) is 14.4 Å². The van der Waals surface area contributed by atoms with E-state index in [1.54, 1.807) is 33.9 Å². The van der Waals surface area contributed by atoms with Crippen LogP contribution in [0.5, 0.6) is 0 Å². The Kier molecular flexibility index (Phi) is 4.17. The first kappa shape index (κ1) is 16.9. The number of furan rings is 1. The van der Waals surface area contributed by atoms with Gasteiger partial charge >= 0.3 is 0 Å². The van der Waals surface area contributed by atoms with Crippen LogP contribution in [0.2, 0.25) is 0 Å². The Labute approximate surface area is 146 Å². The first-order valence-electron chi connectivity index (χ1n) is 7.42. The van der Waals surface area contributed by atoms with Crippen LogP contribution >= 0.6 is 11.3 Å². The predicted molar refractivity (Wildman–Crippen MR) is 92.7 cm³/mol. The van der Waals surface area contributed by atoms with Crippen molar-refractivity contribution in [2.24, 2.45) is 7.05 Å². The highest BCUT2D eigenvalue weighted by Gasteiger charge is 2.20. The quantitative estimate of drug-likeness (QED) is 0.675. The molecule has 9 heteroatoms. The standard InChI is InChI=1S/C16H16N4O4S/c1-7-5-10(9(3)24-7)13(21)18-19-14(22)12-8(2)11-15(25-12)17-6-20(4)16(11)23/h5-6H,1-4H3,(H,18,21)(H,19,22). The first-order chi connectivity index (χ1) is 11.8. The maximum Gasteiger partial charge on any atom is 0.280 e. The third-order valence-corrected chi connectivity index (χ3v) is 4.99. The third-order valence-electron chi connectivity index (χ3n) is 3.79. The lowest BCUT2D eigenvalue weighted by Crippen LogP contribution is -2.41. The highest BCUT2D eigenvalue weighted by atomic mass is 32.1. The molecule has 25 heavy (non-hydrogen) atoms. The van der Waals surface area contributed by atoms with Crippen LogP contribution in [-0.4, -0.2) is 21.4 Å². The zero-order chi connectivity index (χ0) is 18.3. The average molecular weight is 360 g/mol. The van der Waals surface area contributed by atoms with E-state index in [0.29, 0.717) is 37.7 Å². The number of fused-ring (bicyclic) bond motifs is 1. The van der Waals surface area contributed by atoms with Gasteiger partial charge in [-0.05, 0) is 32.4 Å². The van der Waals surface area contributed by atoms with Gasteiger partial charge in [0.25, 0.3) is 17.4 Å². The van der Waals surface area contributed by atoms with Crippen molar-refractivity contribution in [3.05, 3.63) is 50.3 Å². The summed E-state index contributed by atoms with van der Waals surface area (Å²) in [4.78, 5) is 41.7. The number of nitrogens with one attached hydrogen (secondary N) is 2. The van der Waals surface area contributed by atoms with Crippen molar-refractivity contribution in [3.63, 3.8) is 0 Å². The van der Waals surface area contributed by atoms with Gasteiger partial charge in [0.2, 0.25) is 0 Å². The van der Waals surface area contributed by atoms with Gasteiger partial charge in [0.1, 0.15) is 16.4 Å². The Balaban J connectivity index is 1.82. The minimum absolute atomic E-state index is 0.216. The normalized spacial score (nSPS) is 10.9. The first-order valence-corrected chi connectivity index (χ1v) is 8.23. The zero-order valence-electron chi connectivity index (χ0n) is 14.1. The SMILES string of the molecule is Cc1cc(C(=O)NNC(=O)c2sc3ncn(C)c(=O)c3c2C)c(C)o1. The number of carbonyl (C=O) groups is 2. The summed E-state index contributed by atoms with van der Waals surface area (Å²) >= 11 is 1.10. The van der Waals surface area contributed by atoms with Crippen molar-refractivity contribution in [1.29, 1.82) is 0 Å². The molecule has 0 aliphatic carbocycles. The fourth-order valence-corrected chi connectivity index (χ4v) is 3.55. The summed E-state index contributed by atoms with van der Waals surface area (Å²) in [6.07, 6.45) is 1.41. The molecule has 130 valence electrons. The fraction of sp³-hybridized carbons (Fsp3) is 0.250. The van der Waals surface area contributed by atoms with Gasteiger partial charge in [0.15, 0.2) is 0 Å². The van der Waals surface area contributed by atoms with E-state index >= 15 is 0 Å². The maximum absolute atomic E-state index is 12.4. The van der Waals surface area contributed by atoms with Crippen LogP contribution < -0.4 is 16.4 Å². The number of hydrazine groups is 1. The van der Waals surface area contributed by atoms with Gasteiger partial charge in [-0.15, -0.1) is 11.3 Å². The minimum atomic E-state index is -0.506. The molecule has 2 N–H and O–H groups in total. The number of rotatable bonds is 2. The molecule has 3 heterocycles. The maximum atomic E-state index is 12.4. The van der Waals surface area contributed by atoms with Gasteiger partial charge in [-0.2, -0.15) is 0 Å². The third kappa shape index (κ3) is 2.93. The van der Waals surface area contributed by atoms with Crippen LogP contribution in [-0.2, 0) is 7.05 Å². The lowest BCUT2D eigenvalue weighted by molar-refractivity contribution is 0.0847. The van der Waals surface area contributed by atoms with E-state index in [1.165, 1.54) is 10.9 Å². The van der Waals surface area contributed by atoms with Crippen LogP contribution in [0.1, 0.15) is 37.1 Å². The van der Waals surface area contributed by atoms with E-state index in [4.69, 9.17) is 4.42 Å². The molecule has 3 aromatic heterocycles. The highest BCUT2D eigenvalue weighted by molar-refractivity contribution is 7.20. The summed E-state index contributed by atoms with van der Waals surface area (Å²) in [6, 6.07) is 1.59. The van der Waals surface area contributed by atoms with E-state index in [1.807, 2.05) is 0 Å². The predicted octanol–water partition coefficient (Wildman–Crippen LogP) is 1.59. The summed E-state index contributed by atoms with van der Waals surface area (Å²) in [5, 5.41) is 0.410. The monoisotopic (exact) mass is 360 g/mol. The highest BCUT2D eigenvalue weighted by Crippen LogP contribution is 2.26. The molecule has 3 aromatic rings. The Morgan fingerprint density at radius 2 is 1.88 bits per heavy atom. The van der Waals surface area contributed by atoms with Crippen molar-refractivity contribution in [2.45, 2.75) is 20.8 Å². The van der Waals surface area contributed by atoms with E-state index in [0.717, 1.165) is 11.3 Å². The van der Waals surface area contributed by atoms with Crippen molar-refractivity contribution >= 4 is 33.4 Å². The fourth-order valence-electron chi connectivity index (χ4n) is 2.52. The molecule has 0 atom stereocenters. The molecule has 0 spiro atoms. The molecule has 0 aromatic carbocycles. The van der Waals surface area contributed by atoms with Crippen LogP contribution in [0.3, 0.4) is 0 Å². The summed E-state index contributed by atoms with van der Waals surface area (Å²) in [6.45, 7) is 5.08. The number of aryl methyl sites for hydroxylation is 4. The van der Waals surface area contributed by atoms with E-state index < -0.39 is 11.8 Å². The smallest absolute Gasteiger partial charge is 0.280 e. The van der Waals surface area contributed by atoms with Gasteiger partial charge < -0.3 is 8.98 Å². The molecule has 3 rings (SSSR count). The lowest BCUT2D eigenvalue weighted by Gasteiger charge is -2.06. The van der Waals surface area contributed by atoms with Gasteiger partial charge in [0.05, 0.1) is 22.2 Å². The van der Waals surface area contributed by atoms with Gasteiger partial charge in [-0.3, -0.25) is 25.2 Å². The number of nitrogens with zero attached hydrogens (tertiary/aromatic N) is 2. The van der Waals surface area contributed by atoms with Crippen LogP contribution in [0, 0.1) is 20.8 Å². The van der Waals surface area contributed by atoms with Crippen molar-refractivity contribution < 1.29 is 14.0 Å². The molecule has 2 amide bonds. The molecule has 0 aliphatic heterocycles. The summed E-state index contributed by atoms with van der Waals surface area (Å²) < 4.78 is 6.65. The van der Waals surface area contributed by atoms with Crippen LogP contribution in [0.15, 0.2) is 21.6 Å². The molecular weight excluding hydrogens is 344 g/mol. The van der Waals surface area contributed by atoms with Crippen molar-refractivity contribution in [2.75, 3.05) is 0 Å². The average Bonchev–Trinajstić information content (AvgIpc) is 3.08. The molecule has 0 saturated carbocycles. The molecule has 0 aliphatic rings. The second-order valence-corrected chi connectivity index (χ2v) is 6.63. The molecule has 0 unspecified atom stereocenters. The van der Waals surface area contributed by atoms with Gasteiger partial charge in [0, 0.05) is 7.05 Å². The number of hydrogen-bond donors (Lipinski definition) is 2. The van der Waals surface area contributed by atoms with Crippen molar-refractivity contribution in [1.82, 2.24) is 20.4 Å². The lowest BCUT2D eigenvalue weighted by atomic mass is 10.2. The molecule has 0 fully saturated rings. The largest absolute Gasteiger partial charge is 0.466 e. The molecule has 0 bridgehead atoms. The second-order valence-electron chi connectivity index (χ2n) is 5.63. The molecule has 0 radical (unpaired) electrons. The Bertz CT molecular complexity index is 1060. The van der Waals surface area contributed by atoms with Crippen LogP contribution in [0.25, 0.3) is 10.2 Å². The van der Waals surface area contributed by atoms with E-state index in [2.05, 4.69) is 15.8 Å².